The molecule has 2 N–H and O–H groups in total. The van der Waals surface area contributed by atoms with Crippen molar-refractivity contribution >= 4 is 17.6 Å². The molecule has 9 heteroatoms. The highest BCUT2D eigenvalue weighted by Crippen LogP contribution is 2.28. The summed E-state index contributed by atoms with van der Waals surface area (Å²) in [6.45, 7) is -1.49. The summed E-state index contributed by atoms with van der Waals surface area (Å²) in [7, 11) is 0. The zero-order chi connectivity index (χ0) is 17.0. The molecular formula is C14H14F3NO5. The van der Waals surface area contributed by atoms with Crippen LogP contribution in [0.5, 0.6) is 5.75 Å². The number of aliphatic carboxylic acids is 1. The Morgan fingerprint density at radius 1 is 1.26 bits per heavy atom. The maximum atomic E-state index is 12.2. The number of carbonyl (C=O) groups excluding carboxylic acids is 1. The molecule has 1 aromatic carbocycles. The van der Waals surface area contributed by atoms with Crippen LogP contribution in [0.4, 0.5) is 18.9 Å². The van der Waals surface area contributed by atoms with E-state index < -0.39 is 36.9 Å². The molecule has 1 aromatic rings. The van der Waals surface area contributed by atoms with Gasteiger partial charge in [0, 0.05) is 0 Å². The number of carbonyl (C=O) groups is 2. The molecule has 2 atom stereocenters. The first-order valence-corrected chi connectivity index (χ1v) is 6.74. The minimum absolute atomic E-state index is 0.0594. The van der Waals surface area contributed by atoms with Crippen molar-refractivity contribution in [3.05, 3.63) is 24.3 Å². The zero-order valence-electron chi connectivity index (χ0n) is 11.8. The van der Waals surface area contributed by atoms with E-state index in [0.29, 0.717) is 0 Å². The Labute approximate surface area is 129 Å². The van der Waals surface area contributed by atoms with E-state index in [-0.39, 0.29) is 24.3 Å². The van der Waals surface area contributed by atoms with E-state index in [0.717, 1.165) is 0 Å². The van der Waals surface area contributed by atoms with Gasteiger partial charge in [-0.15, -0.1) is 0 Å². The highest BCUT2D eigenvalue weighted by molar-refractivity contribution is 5.96. The summed E-state index contributed by atoms with van der Waals surface area (Å²) in [6.07, 6.45) is -6.11. The normalized spacial score (nSPS) is 21.0. The lowest BCUT2D eigenvalue weighted by Gasteiger charge is -2.16. The topological polar surface area (TPSA) is 84.9 Å². The standard InChI is InChI=1S/C14H14F3NO5/c15-14(16,17)7-22-9-4-2-1-3-8(9)18-12(19)10-5-6-11(23-10)13(20)21/h1-4,10-11H,5-7H2,(H,18,19)(H,20,21)/t10-,11+/m0/s1. The van der Waals surface area contributed by atoms with Crippen LogP contribution < -0.4 is 10.1 Å². The van der Waals surface area contributed by atoms with Gasteiger partial charge in [-0.05, 0) is 25.0 Å². The molecule has 23 heavy (non-hydrogen) atoms. The fourth-order valence-electron chi connectivity index (χ4n) is 2.08. The molecule has 6 nitrogen and oxygen atoms in total. The molecule has 0 spiro atoms. The van der Waals surface area contributed by atoms with Crippen molar-refractivity contribution in [2.24, 2.45) is 0 Å². The largest absolute Gasteiger partial charge is 0.482 e. The Hall–Kier alpha value is -2.29. The SMILES string of the molecule is O=C(Nc1ccccc1OCC(F)(F)F)[C@@H]1CC[C@H](C(=O)O)O1. The zero-order valence-corrected chi connectivity index (χ0v) is 11.8. The molecular weight excluding hydrogens is 319 g/mol. The van der Waals surface area contributed by atoms with Crippen molar-refractivity contribution in [1.82, 2.24) is 0 Å². The number of rotatable bonds is 5. The predicted molar refractivity (Wildman–Crippen MR) is 72.2 cm³/mol. The molecule has 1 amide bonds. The van der Waals surface area contributed by atoms with E-state index in [4.69, 9.17) is 9.84 Å². The Kier molecular flexibility index (Phi) is 5.09. The van der Waals surface area contributed by atoms with Crippen LogP contribution in [0.3, 0.4) is 0 Å². The van der Waals surface area contributed by atoms with E-state index in [2.05, 4.69) is 10.1 Å². The molecule has 0 radical (unpaired) electrons. The lowest BCUT2D eigenvalue weighted by Crippen LogP contribution is -2.30. The summed E-state index contributed by atoms with van der Waals surface area (Å²) in [5.74, 6) is -1.92. The third-order valence-electron chi connectivity index (χ3n) is 3.12. The summed E-state index contributed by atoms with van der Waals surface area (Å²) in [5.41, 5.74) is 0.0594. The molecule has 1 heterocycles. The first-order valence-electron chi connectivity index (χ1n) is 6.74. The van der Waals surface area contributed by atoms with Gasteiger partial charge in [0.25, 0.3) is 5.91 Å². The Bertz CT molecular complexity index is 590. The van der Waals surface area contributed by atoms with E-state index in [9.17, 15) is 22.8 Å². The number of alkyl halides is 3. The minimum Gasteiger partial charge on any atom is -0.482 e. The number of hydrogen-bond acceptors (Lipinski definition) is 4. The van der Waals surface area contributed by atoms with Crippen LogP contribution in [-0.4, -0.2) is 42.0 Å². The van der Waals surface area contributed by atoms with Crippen LogP contribution in [0.25, 0.3) is 0 Å². The van der Waals surface area contributed by atoms with Gasteiger partial charge < -0.3 is 19.9 Å². The Morgan fingerprint density at radius 2 is 1.91 bits per heavy atom. The fraction of sp³-hybridized carbons (Fsp3) is 0.429. The average molecular weight is 333 g/mol. The Morgan fingerprint density at radius 3 is 2.52 bits per heavy atom. The number of carboxylic acid groups (broad SMARTS) is 1. The minimum atomic E-state index is -4.50. The number of hydrogen-bond donors (Lipinski definition) is 2. The van der Waals surface area contributed by atoms with E-state index in [1.54, 1.807) is 0 Å². The van der Waals surface area contributed by atoms with Gasteiger partial charge in [0.05, 0.1) is 5.69 Å². The fourth-order valence-corrected chi connectivity index (χ4v) is 2.08. The van der Waals surface area contributed by atoms with Gasteiger partial charge in [0.1, 0.15) is 11.9 Å². The quantitative estimate of drug-likeness (QED) is 0.863. The smallest absolute Gasteiger partial charge is 0.422 e. The second-order valence-electron chi connectivity index (χ2n) is 4.92. The lowest BCUT2D eigenvalue weighted by molar-refractivity contribution is -0.153. The second kappa shape index (κ2) is 6.86. The van der Waals surface area contributed by atoms with Crippen LogP contribution in [-0.2, 0) is 14.3 Å². The summed E-state index contributed by atoms with van der Waals surface area (Å²) in [5, 5.41) is 11.2. The lowest BCUT2D eigenvalue weighted by atomic mass is 10.2. The first kappa shape index (κ1) is 17.1. The van der Waals surface area contributed by atoms with Crippen molar-refractivity contribution in [3.63, 3.8) is 0 Å². The molecule has 0 saturated carbocycles. The van der Waals surface area contributed by atoms with Gasteiger partial charge >= 0.3 is 12.1 Å². The highest BCUT2D eigenvalue weighted by Gasteiger charge is 2.35. The number of anilines is 1. The van der Waals surface area contributed by atoms with Gasteiger partial charge in [0.15, 0.2) is 12.7 Å². The number of para-hydroxylation sites is 2. The van der Waals surface area contributed by atoms with Crippen LogP contribution in [0.1, 0.15) is 12.8 Å². The Balaban J connectivity index is 2.00. The van der Waals surface area contributed by atoms with E-state index >= 15 is 0 Å². The summed E-state index contributed by atoms with van der Waals surface area (Å²) >= 11 is 0. The number of ether oxygens (including phenoxy) is 2. The molecule has 0 bridgehead atoms. The molecule has 1 fully saturated rings. The highest BCUT2D eigenvalue weighted by atomic mass is 19.4. The van der Waals surface area contributed by atoms with Crippen molar-refractivity contribution in [2.75, 3.05) is 11.9 Å². The monoisotopic (exact) mass is 333 g/mol. The number of benzene rings is 1. The molecule has 0 aliphatic carbocycles. The third-order valence-corrected chi connectivity index (χ3v) is 3.12. The van der Waals surface area contributed by atoms with E-state index in [1.165, 1.54) is 24.3 Å². The van der Waals surface area contributed by atoms with Crippen LogP contribution in [0.2, 0.25) is 0 Å². The van der Waals surface area contributed by atoms with Crippen LogP contribution in [0, 0.1) is 0 Å². The van der Waals surface area contributed by atoms with Gasteiger partial charge in [-0.25, -0.2) is 4.79 Å². The van der Waals surface area contributed by atoms with Crippen molar-refractivity contribution < 1.29 is 37.3 Å². The number of halogens is 3. The number of carboxylic acids is 1. The third kappa shape index (κ3) is 4.85. The van der Waals surface area contributed by atoms with Crippen molar-refractivity contribution in [3.8, 4) is 5.75 Å². The van der Waals surface area contributed by atoms with E-state index in [1.807, 2.05) is 0 Å². The summed E-state index contributed by atoms with van der Waals surface area (Å²) in [4.78, 5) is 22.8. The van der Waals surface area contributed by atoms with Gasteiger partial charge in [-0.1, -0.05) is 12.1 Å². The summed E-state index contributed by atoms with van der Waals surface area (Å²) < 4.78 is 46.4. The van der Waals surface area contributed by atoms with Gasteiger partial charge in [-0.2, -0.15) is 13.2 Å². The average Bonchev–Trinajstić information content (AvgIpc) is 2.95. The predicted octanol–water partition coefficient (Wildman–Crippen LogP) is 2.20. The van der Waals surface area contributed by atoms with Crippen molar-refractivity contribution in [2.45, 2.75) is 31.2 Å². The molecule has 2 rings (SSSR count). The molecule has 1 aliphatic rings. The van der Waals surface area contributed by atoms with Crippen LogP contribution in [0.15, 0.2) is 24.3 Å². The molecule has 1 aliphatic heterocycles. The molecule has 0 unspecified atom stereocenters. The first-order chi connectivity index (χ1) is 10.8. The summed E-state index contributed by atoms with van der Waals surface area (Å²) in [6, 6.07) is 5.66. The van der Waals surface area contributed by atoms with Crippen LogP contribution >= 0.6 is 0 Å². The second-order valence-corrected chi connectivity index (χ2v) is 4.92. The maximum Gasteiger partial charge on any atom is 0.422 e. The molecule has 1 saturated heterocycles. The van der Waals surface area contributed by atoms with Gasteiger partial charge in [-0.3, -0.25) is 4.79 Å². The maximum absolute atomic E-state index is 12.2. The van der Waals surface area contributed by atoms with Gasteiger partial charge in [0.2, 0.25) is 0 Å². The van der Waals surface area contributed by atoms with Crippen molar-refractivity contribution in [1.29, 1.82) is 0 Å². The number of amides is 1. The molecule has 0 aromatic heterocycles. The molecule has 126 valence electrons. The number of nitrogens with one attached hydrogen (secondary N) is 1.